The van der Waals surface area contributed by atoms with Gasteiger partial charge < -0.3 is 5.11 Å². The van der Waals surface area contributed by atoms with Crippen LogP contribution in [0.25, 0.3) is 5.57 Å². The number of hydrogen-bond donors (Lipinski definition) is 1. The zero-order valence-electron chi connectivity index (χ0n) is 8.37. The van der Waals surface area contributed by atoms with Gasteiger partial charge in [0.15, 0.2) is 0 Å². The van der Waals surface area contributed by atoms with E-state index in [2.05, 4.69) is 22.5 Å². The van der Waals surface area contributed by atoms with E-state index in [9.17, 15) is 4.79 Å². The van der Waals surface area contributed by atoms with Crippen molar-refractivity contribution in [2.75, 3.05) is 0 Å². The molecular formula is C12H13BrO2. The molecule has 0 radical (unpaired) electrons. The summed E-state index contributed by atoms with van der Waals surface area (Å²) in [5.41, 5.74) is 2.06. The molecule has 1 N–H and O–H groups in total. The van der Waals surface area contributed by atoms with E-state index in [1.165, 1.54) is 0 Å². The second-order valence-corrected chi connectivity index (χ2v) is 4.27. The van der Waals surface area contributed by atoms with Crippen molar-refractivity contribution < 1.29 is 9.90 Å². The smallest absolute Gasteiger partial charge is 0.303 e. The topological polar surface area (TPSA) is 37.3 Å². The van der Waals surface area contributed by atoms with E-state index in [-0.39, 0.29) is 6.42 Å². The number of carboxylic acids is 1. The third-order valence-corrected chi connectivity index (χ3v) is 2.65. The van der Waals surface area contributed by atoms with Crippen LogP contribution in [0.1, 0.15) is 24.8 Å². The normalized spacial score (nSPS) is 9.93. The van der Waals surface area contributed by atoms with E-state index in [0.717, 1.165) is 22.0 Å². The Labute approximate surface area is 97.8 Å². The van der Waals surface area contributed by atoms with E-state index >= 15 is 0 Å². The molecular weight excluding hydrogens is 256 g/mol. The summed E-state index contributed by atoms with van der Waals surface area (Å²) >= 11 is 3.36. The highest BCUT2D eigenvalue weighted by Crippen LogP contribution is 2.20. The minimum atomic E-state index is -0.751. The molecule has 1 rings (SSSR count). The van der Waals surface area contributed by atoms with Crippen molar-refractivity contribution in [2.24, 2.45) is 0 Å². The summed E-state index contributed by atoms with van der Waals surface area (Å²) in [5.74, 6) is -0.751. The van der Waals surface area contributed by atoms with E-state index in [0.29, 0.717) is 6.42 Å². The van der Waals surface area contributed by atoms with Crippen molar-refractivity contribution in [3.8, 4) is 0 Å². The maximum absolute atomic E-state index is 10.3. The fourth-order valence-electron chi connectivity index (χ4n) is 1.28. The lowest BCUT2D eigenvalue weighted by Crippen LogP contribution is -1.94. The van der Waals surface area contributed by atoms with Crippen LogP contribution in [0, 0.1) is 0 Å². The standard InChI is InChI=1S/C12H13BrO2/c1-9(3-2-4-12(14)15)10-5-7-11(13)8-6-10/h5-8H,1-4H2,(H,14,15). The van der Waals surface area contributed by atoms with Gasteiger partial charge in [0.2, 0.25) is 0 Å². The SMILES string of the molecule is C=C(CCCC(=O)O)c1ccc(Br)cc1. The van der Waals surface area contributed by atoms with Gasteiger partial charge in [0.25, 0.3) is 0 Å². The van der Waals surface area contributed by atoms with Gasteiger partial charge in [-0.3, -0.25) is 4.79 Å². The molecule has 0 heterocycles. The van der Waals surface area contributed by atoms with Crippen molar-refractivity contribution >= 4 is 27.5 Å². The first kappa shape index (κ1) is 12.0. The average Bonchev–Trinajstić information content (AvgIpc) is 2.18. The van der Waals surface area contributed by atoms with Gasteiger partial charge in [0.05, 0.1) is 0 Å². The summed E-state index contributed by atoms with van der Waals surface area (Å²) in [6.07, 6.45) is 1.58. The number of hydrogen-bond acceptors (Lipinski definition) is 1. The first-order valence-corrected chi connectivity index (χ1v) is 5.54. The van der Waals surface area contributed by atoms with Crippen molar-refractivity contribution in [1.29, 1.82) is 0 Å². The van der Waals surface area contributed by atoms with E-state index in [1.807, 2.05) is 24.3 Å². The van der Waals surface area contributed by atoms with Gasteiger partial charge in [-0.15, -0.1) is 0 Å². The van der Waals surface area contributed by atoms with Crippen LogP contribution in [0.2, 0.25) is 0 Å². The monoisotopic (exact) mass is 268 g/mol. The van der Waals surface area contributed by atoms with E-state index in [1.54, 1.807) is 0 Å². The van der Waals surface area contributed by atoms with Gasteiger partial charge in [-0.05, 0) is 36.1 Å². The lowest BCUT2D eigenvalue weighted by atomic mass is 10.0. The van der Waals surface area contributed by atoms with Crippen LogP contribution in [0.15, 0.2) is 35.3 Å². The molecule has 0 amide bonds. The van der Waals surface area contributed by atoms with Crippen molar-refractivity contribution in [1.82, 2.24) is 0 Å². The second-order valence-electron chi connectivity index (χ2n) is 3.36. The number of carbonyl (C=O) groups is 1. The predicted octanol–water partition coefficient (Wildman–Crippen LogP) is 3.72. The zero-order valence-corrected chi connectivity index (χ0v) is 9.96. The molecule has 1 aromatic carbocycles. The molecule has 0 atom stereocenters. The fourth-order valence-corrected chi connectivity index (χ4v) is 1.55. The fraction of sp³-hybridized carbons (Fsp3) is 0.250. The van der Waals surface area contributed by atoms with Crippen LogP contribution in [-0.4, -0.2) is 11.1 Å². The van der Waals surface area contributed by atoms with Crippen LogP contribution in [-0.2, 0) is 4.79 Å². The summed E-state index contributed by atoms with van der Waals surface area (Å²) < 4.78 is 1.03. The van der Waals surface area contributed by atoms with Crippen LogP contribution >= 0.6 is 15.9 Å². The quantitative estimate of drug-likeness (QED) is 0.884. The lowest BCUT2D eigenvalue weighted by molar-refractivity contribution is -0.137. The Bertz CT molecular complexity index is 354. The molecule has 0 bridgehead atoms. The molecule has 0 unspecified atom stereocenters. The molecule has 0 saturated carbocycles. The second kappa shape index (κ2) is 5.71. The Morgan fingerprint density at radius 3 is 2.40 bits per heavy atom. The molecule has 15 heavy (non-hydrogen) atoms. The molecule has 0 aliphatic rings. The summed E-state index contributed by atoms with van der Waals surface area (Å²) in [6.45, 7) is 3.94. The van der Waals surface area contributed by atoms with E-state index in [4.69, 9.17) is 5.11 Å². The van der Waals surface area contributed by atoms with Crippen molar-refractivity contribution in [3.05, 3.63) is 40.9 Å². The lowest BCUT2D eigenvalue weighted by Gasteiger charge is -2.04. The Morgan fingerprint density at radius 1 is 1.27 bits per heavy atom. The van der Waals surface area contributed by atoms with Crippen LogP contribution in [0.5, 0.6) is 0 Å². The maximum atomic E-state index is 10.3. The number of carboxylic acid groups (broad SMARTS) is 1. The third-order valence-electron chi connectivity index (χ3n) is 2.12. The van der Waals surface area contributed by atoms with Gasteiger partial charge in [0, 0.05) is 10.9 Å². The highest BCUT2D eigenvalue weighted by Gasteiger charge is 2.01. The average molecular weight is 269 g/mol. The molecule has 0 aliphatic carbocycles. The highest BCUT2D eigenvalue weighted by molar-refractivity contribution is 9.10. The maximum Gasteiger partial charge on any atom is 0.303 e. The molecule has 1 aromatic rings. The van der Waals surface area contributed by atoms with E-state index < -0.39 is 5.97 Å². The van der Waals surface area contributed by atoms with Crippen LogP contribution in [0.4, 0.5) is 0 Å². The number of allylic oxidation sites excluding steroid dienone is 1. The Morgan fingerprint density at radius 2 is 1.87 bits per heavy atom. The van der Waals surface area contributed by atoms with Crippen molar-refractivity contribution in [2.45, 2.75) is 19.3 Å². The third kappa shape index (κ3) is 4.30. The van der Waals surface area contributed by atoms with Crippen molar-refractivity contribution in [3.63, 3.8) is 0 Å². The molecule has 80 valence electrons. The van der Waals surface area contributed by atoms with Crippen LogP contribution in [0.3, 0.4) is 0 Å². The number of aliphatic carboxylic acids is 1. The molecule has 0 fully saturated rings. The number of benzene rings is 1. The first-order chi connectivity index (χ1) is 7.09. The minimum Gasteiger partial charge on any atom is -0.481 e. The Kier molecular flexibility index (Phi) is 4.56. The molecule has 0 aromatic heterocycles. The van der Waals surface area contributed by atoms with Crippen LogP contribution < -0.4 is 0 Å². The van der Waals surface area contributed by atoms with Gasteiger partial charge in [-0.2, -0.15) is 0 Å². The molecule has 0 saturated heterocycles. The summed E-state index contributed by atoms with van der Waals surface area (Å²) in [7, 11) is 0. The van der Waals surface area contributed by atoms with Gasteiger partial charge in [-0.1, -0.05) is 34.6 Å². The summed E-state index contributed by atoms with van der Waals surface area (Å²) in [6, 6.07) is 7.87. The predicted molar refractivity (Wildman–Crippen MR) is 64.7 cm³/mol. The zero-order chi connectivity index (χ0) is 11.3. The van der Waals surface area contributed by atoms with Gasteiger partial charge >= 0.3 is 5.97 Å². The minimum absolute atomic E-state index is 0.204. The van der Waals surface area contributed by atoms with Gasteiger partial charge in [0.1, 0.15) is 0 Å². The molecule has 2 nitrogen and oxygen atoms in total. The summed E-state index contributed by atoms with van der Waals surface area (Å²) in [4.78, 5) is 10.3. The highest BCUT2D eigenvalue weighted by atomic mass is 79.9. The molecule has 0 aliphatic heterocycles. The Balaban J connectivity index is 2.47. The molecule has 0 spiro atoms. The molecule has 3 heteroatoms. The van der Waals surface area contributed by atoms with Gasteiger partial charge in [-0.25, -0.2) is 0 Å². The largest absolute Gasteiger partial charge is 0.481 e. The summed E-state index contributed by atoms with van der Waals surface area (Å²) in [5, 5.41) is 8.50. The number of rotatable bonds is 5. The number of halogens is 1. The Hall–Kier alpha value is -1.09. The first-order valence-electron chi connectivity index (χ1n) is 4.75.